The van der Waals surface area contributed by atoms with Gasteiger partial charge < -0.3 is 0 Å². The molecule has 0 spiro atoms. The van der Waals surface area contributed by atoms with Gasteiger partial charge >= 0.3 is 0 Å². The van der Waals surface area contributed by atoms with Crippen LogP contribution in [0.1, 0.15) is 5.56 Å². The van der Waals surface area contributed by atoms with Crippen molar-refractivity contribution >= 4 is 5.69 Å². The van der Waals surface area contributed by atoms with E-state index in [0.29, 0.717) is 17.1 Å². The SMILES string of the molecule is [C-]#[N+]c1c(-c2ccccc2)n[nH]c1-c1cc(C)c(-c2ccccc2)cn1. The highest BCUT2D eigenvalue weighted by molar-refractivity contribution is 5.86. The quantitative estimate of drug-likeness (QED) is 0.490. The van der Waals surface area contributed by atoms with Crippen molar-refractivity contribution in [1.29, 1.82) is 0 Å². The number of hydrogen-bond acceptors (Lipinski definition) is 2. The van der Waals surface area contributed by atoms with E-state index in [0.717, 1.165) is 27.9 Å². The molecule has 4 rings (SSSR count). The summed E-state index contributed by atoms with van der Waals surface area (Å²) < 4.78 is 0. The van der Waals surface area contributed by atoms with E-state index >= 15 is 0 Å². The largest absolute Gasteiger partial charge is 0.287 e. The molecular weight excluding hydrogens is 320 g/mol. The van der Waals surface area contributed by atoms with Crippen LogP contribution in [0.25, 0.3) is 38.6 Å². The highest BCUT2D eigenvalue weighted by atomic mass is 15.1. The number of hydrogen-bond donors (Lipinski definition) is 1. The highest BCUT2D eigenvalue weighted by Gasteiger charge is 2.18. The lowest BCUT2D eigenvalue weighted by atomic mass is 10.0. The Bertz CT molecular complexity index is 1090. The van der Waals surface area contributed by atoms with Gasteiger partial charge in [-0.1, -0.05) is 60.7 Å². The molecule has 0 radical (unpaired) electrons. The molecule has 0 aliphatic rings. The Balaban J connectivity index is 1.79. The van der Waals surface area contributed by atoms with Gasteiger partial charge in [-0.2, -0.15) is 5.10 Å². The fraction of sp³-hybridized carbons (Fsp3) is 0.0455. The number of rotatable bonds is 3. The third-order valence-corrected chi connectivity index (χ3v) is 4.35. The zero-order valence-electron chi connectivity index (χ0n) is 14.3. The van der Waals surface area contributed by atoms with Gasteiger partial charge in [0, 0.05) is 11.8 Å². The van der Waals surface area contributed by atoms with E-state index in [2.05, 4.69) is 39.1 Å². The van der Waals surface area contributed by atoms with Crippen molar-refractivity contribution in [2.24, 2.45) is 0 Å². The summed E-state index contributed by atoms with van der Waals surface area (Å²) in [5, 5.41) is 7.37. The minimum Gasteiger partial charge on any atom is -0.287 e. The summed E-state index contributed by atoms with van der Waals surface area (Å²) >= 11 is 0. The molecule has 0 amide bonds. The molecule has 0 saturated carbocycles. The van der Waals surface area contributed by atoms with Crippen LogP contribution in [0.3, 0.4) is 0 Å². The summed E-state index contributed by atoms with van der Waals surface area (Å²) in [4.78, 5) is 8.30. The lowest BCUT2D eigenvalue weighted by molar-refractivity contribution is 1.09. The molecule has 2 aromatic heterocycles. The monoisotopic (exact) mass is 336 g/mol. The fourth-order valence-electron chi connectivity index (χ4n) is 3.03. The summed E-state index contributed by atoms with van der Waals surface area (Å²) in [6.07, 6.45) is 1.86. The van der Waals surface area contributed by atoms with Crippen molar-refractivity contribution in [2.45, 2.75) is 6.92 Å². The van der Waals surface area contributed by atoms with Crippen LogP contribution in [-0.2, 0) is 0 Å². The van der Waals surface area contributed by atoms with E-state index in [-0.39, 0.29) is 0 Å². The molecular formula is C22H16N4. The Kier molecular flexibility index (Phi) is 4.04. The van der Waals surface area contributed by atoms with Crippen LogP contribution in [0.15, 0.2) is 72.9 Å². The first-order chi connectivity index (χ1) is 12.8. The number of aromatic amines is 1. The molecule has 0 aliphatic carbocycles. The van der Waals surface area contributed by atoms with Crippen LogP contribution in [0, 0.1) is 13.5 Å². The Morgan fingerprint density at radius 3 is 2.19 bits per heavy atom. The molecule has 1 N–H and O–H groups in total. The second-order valence-electron chi connectivity index (χ2n) is 6.02. The van der Waals surface area contributed by atoms with Crippen molar-refractivity contribution in [3.8, 4) is 33.8 Å². The second-order valence-corrected chi connectivity index (χ2v) is 6.02. The lowest BCUT2D eigenvalue weighted by Gasteiger charge is -2.07. The molecule has 0 saturated heterocycles. The van der Waals surface area contributed by atoms with Gasteiger partial charge in [0.15, 0.2) is 0 Å². The van der Waals surface area contributed by atoms with Crippen LogP contribution in [0.4, 0.5) is 5.69 Å². The van der Waals surface area contributed by atoms with E-state index in [9.17, 15) is 0 Å². The van der Waals surface area contributed by atoms with E-state index < -0.39 is 0 Å². The molecule has 0 bridgehead atoms. The number of H-pyrrole nitrogens is 1. The minimum absolute atomic E-state index is 0.496. The molecule has 4 nitrogen and oxygen atoms in total. The van der Waals surface area contributed by atoms with Crippen molar-refractivity contribution in [3.63, 3.8) is 0 Å². The summed E-state index contributed by atoms with van der Waals surface area (Å²) in [5.41, 5.74) is 6.76. The maximum atomic E-state index is 7.61. The van der Waals surface area contributed by atoms with Crippen LogP contribution in [0.5, 0.6) is 0 Å². The summed E-state index contributed by atoms with van der Waals surface area (Å²) in [5.74, 6) is 0. The van der Waals surface area contributed by atoms with Crippen molar-refractivity contribution in [1.82, 2.24) is 15.2 Å². The zero-order valence-corrected chi connectivity index (χ0v) is 14.3. The molecule has 0 fully saturated rings. The van der Waals surface area contributed by atoms with Crippen LogP contribution in [-0.4, -0.2) is 15.2 Å². The van der Waals surface area contributed by atoms with E-state index in [4.69, 9.17) is 6.57 Å². The van der Waals surface area contributed by atoms with Gasteiger partial charge in [-0.15, -0.1) is 0 Å². The summed E-state index contributed by atoms with van der Waals surface area (Å²) in [6.45, 7) is 9.66. The van der Waals surface area contributed by atoms with Gasteiger partial charge in [0.05, 0.1) is 23.7 Å². The fourth-order valence-corrected chi connectivity index (χ4v) is 3.03. The average molecular weight is 336 g/mol. The number of aromatic nitrogens is 3. The van der Waals surface area contributed by atoms with E-state index in [1.807, 2.05) is 60.8 Å². The Hall–Kier alpha value is -3.71. The molecule has 2 heterocycles. The molecule has 4 heteroatoms. The standard InChI is InChI=1S/C22H16N4/c1-15-13-19(24-14-18(15)16-9-5-3-6-10-16)21-22(23-2)20(25-26-21)17-11-7-4-8-12-17/h3-14H,1H3,(H,25,26). The van der Waals surface area contributed by atoms with Gasteiger partial charge in [-0.25, -0.2) is 4.85 Å². The first-order valence-electron chi connectivity index (χ1n) is 8.31. The van der Waals surface area contributed by atoms with Crippen molar-refractivity contribution in [2.75, 3.05) is 0 Å². The van der Waals surface area contributed by atoms with Crippen molar-refractivity contribution in [3.05, 3.63) is 89.9 Å². The van der Waals surface area contributed by atoms with Gasteiger partial charge in [0.1, 0.15) is 0 Å². The molecule has 124 valence electrons. The summed E-state index contributed by atoms with van der Waals surface area (Å²) in [6, 6.07) is 21.9. The van der Waals surface area contributed by atoms with Gasteiger partial charge in [0.2, 0.25) is 5.69 Å². The first-order valence-corrected chi connectivity index (χ1v) is 8.31. The first kappa shape index (κ1) is 15.8. The van der Waals surface area contributed by atoms with Crippen molar-refractivity contribution < 1.29 is 0 Å². The second kappa shape index (κ2) is 6.66. The topological polar surface area (TPSA) is 45.9 Å². The van der Waals surface area contributed by atoms with Crippen LogP contribution in [0.2, 0.25) is 0 Å². The normalized spacial score (nSPS) is 10.5. The molecule has 0 aliphatic heterocycles. The van der Waals surface area contributed by atoms with Crippen LogP contribution >= 0.6 is 0 Å². The maximum absolute atomic E-state index is 7.61. The molecule has 26 heavy (non-hydrogen) atoms. The number of aryl methyl sites for hydroxylation is 1. The van der Waals surface area contributed by atoms with E-state index in [1.54, 1.807) is 0 Å². The molecule has 0 atom stereocenters. The number of nitrogens with zero attached hydrogens (tertiary/aromatic N) is 3. The Labute approximate surface area is 152 Å². The minimum atomic E-state index is 0.496. The molecule has 0 unspecified atom stereocenters. The van der Waals surface area contributed by atoms with Gasteiger partial charge in [-0.3, -0.25) is 10.1 Å². The third-order valence-electron chi connectivity index (χ3n) is 4.35. The molecule has 2 aromatic carbocycles. The number of benzene rings is 2. The third kappa shape index (κ3) is 2.76. The van der Waals surface area contributed by atoms with Gasteiger partial charge in [0.25, 0.3) is 0 Å². The number of pyridine rings is 1. The summed E-state index contributed by atoms with van der Waals surface area (Å²) in [7, 11) is 0. The number of nitrogens with one attached hydrogen (secondary N) is 1. The highest BCUT2D eigenvalue weighted by Crippen LogP contribution is 2.37. The smallest absolute Gasteiger partial charge is 0.241 e. The molecule has 4 aromatic rings. The van der Waals surface area contributed by atoms with Crippen LogP contribution < -0.4 is 0 Å². The predicted molar refractivity (Wildman–Crippen MR) is 104 cm³/mol. The Morgan fingerprint density at radius 2 is 1.58 bits per heavy atom. The zero-order chi connectivity index (χ0) is 17.9. The average Bonchev–Trinajstić information content (AvgIpc) is 3.13. The lowest BCUT2D eigenvalue weighted by Crippen LogP contribution is -1.90. The van der Waals surface area contributed by atoms with Gasteiger partial charge in [-0.05, 0) is 29.7 Å². The van der Waals surface area contributed by atoms with E-state index in [1.165, 1.54) is 0 Å². The Morgan fingerprint density at radius 1 is 0.923 bits per heavy atom. The maximum Gasteiger partial charge on any atom is 0.241 e. The predicted octanol–water partition coefficient (Wildman–Crippen LogP) is 5.66.